The first-order valence-electron chi connectivity index (χ1n) is 4.02. The van der Waals surface area contributed by atoms with Crippen LogP contribution in [0.1, 0.15) is 5.56 Å². The van der Waals surface area contributed by atoms with Crippen LogP contribution in [-0.2, 0) is 15.6 Å². The zero-order valence-electron chi connectivity index (χ0n) is 7.12. The van der Waals surface area contributed by atoms with E-state index < -0.39 is 9.76 Å². The molecule has 0 aliphatic carbocycles. The average molecular weight is 180 g/mol. The molecule has 0 heterocycles. The van der Waals surface area contributed by atoms with Crippen LogP contribution < -0.4 is 0 Å². The van der Waals surface area contributed by atoms with Crippen LogP contribution in [0.3, 0.4) is 0 Å². The molecule has 12 heavy (non-hydrogen) atoms. The smallest absolute Gasteiger partial charge is 0.296 e. The third kappa shape index (κ3) is 2.88. The Morgan fingerprint density at radius 2 is 2.08 bits per heavy atom. The molecule has 0 radical (unpaired) electrons. The molecule has 0 amide bonds. The minimum absolute atomic E-state index is 0.102. The third-order valence-electron chi connectivity index (χ3n) is 1.50. The Labute approximate surface area is 74.5 Å². The van der Waals surface area contributed by atoms with Crippen LogP contribution in [0, 0.1) is 0 Å². The Morgan fingerprint density at radius 3 is 2.67 bits per heavy atom. The van der Waals surface area contributed by atoms with Gasteiger partial charge in [0.25, 0.3) is 5.97 Å². The molecule has 0 unspecified atom stereocenters. The molecule has 1 rings (SSSR count). The highest BCUT2D eigenvalue weighted by Crippen LogP contribution is 1.99. The summed E-state index contributed by atoms with van der Waals surface area (Å²) in [6, 6.07) is 9.64. The predicted molar refractivity (Wildman–Crippen MR) is 50.6 cm³/mol. The van der Waals surface area contributed by atoms with E-state index in [4.69, 9.17) is 4.43 Å². The Balaban J connectivity index is 2.47. The van der Waals surface area contributed by atoms with Crippen LogP contribution in [-0.4, -0.2) is 15.7 Å². The highest BCUT2D eigenvalue weighted by Gasteiger charge is 2.01. The zero-order valence-corrected chi connectivity index (χ0v) is 8.53. The van der Waals surface area contributed by atoms with Crippen molar-refractivity contribution < 1.29 is 9.22 Å². The first kappa shape index (κ1) is 9.00. The van der Waals surface area contributed by atoms with Gasteiger partial charge in [0.15, 0.2) is 0 Å². The highest BCUT2D eigenvalue weighted by atomic mass is 28.2. The van der Waals surface area contributed by atoms with Crippen molar-refractivity contribution in [3.8, 4) is 0 Å². The van der Waals surface area contributed by atoms with Gasteiger partial charge in [-0.1, -0.05) is 30.3 Å². The van der Waals surface area contributed by atoms with Crippen LogP contribution in [0.5, 0.6) is 0 Å². The molecule has 0 aliphatic heterocycles. The van der Waals surface area contributed by atoms with Crippen LogP contribution in [0.15, 0.2) is 30.3 Å². The molecule has 64 valence electrons. The molecule has 0 aromatic heterocycles. The summed E-state index contributed by atoms with van der Waals surface area (Å²) in [7, 11) is -0.599. The van der Waals surface area contributed by atoms with Crippen LogP contribution in [0.2, 0.25) is 6.55 Å². The molecule has 0 aliphatic rings. The summed E-state index contributed by atoms with van der Waals surface area (Å²) in [5.41, 5.74) is 1.02. The van der Waals surface area contributed by atoms with E-state index in [1.54, 1.807) is 0 Å². The van der Waals surface area contributed by atoms with Crippen molar-refractivity contribution in [2.45, 2.75) is 13.0 Å². The Bertz CT molecular complexity index is 246. The maximum absolute atomic E-state index is 11.0. The van der Waals surface area contributed by atoms with E-state index in [1.807, 2.05) is 36.9 Å². The van der Waals surface area contributed by atoms with E-state index in [1.165, 1.54) is 0 Å². The van der Waals surface area contributed by atoms with Crippen molar-refractivity contribution in [2.24, 2.45) is 0 Å². The summed E-state index contributed by atoms with van der Waals surface area (Å²) in [5.74, 6) is -0.102. The lowest BCUT2D eigenvalue weighted by atomic mass is 10.2. The second-order valence-electron chi connectivity index (χ2n) is 2.47. The van der Waals surface area contributed by atoms with E-state index >= 15 is 0 Å². The van der Waals surface area contributed by atoms with Crippen LogP contribution in [0.4, 0.5) is 0 Å². The van der Waals surface area contributed by atoms with E-state index in [-0.39, 0.29) is 5.97 Å². The topological polar surface area (TPSA) is 26.3 Å². The molecule has 0 fully saturated rings. The van der Waals surface area contributed by atoms with Crippen molar-refractivity contribution in [1.29, 1.82) is 0 Å². The first-order chi connectivity index (χ1) is 5.83. The van der Waals surface area contributed by atoms with Gasteiger partial charge in [-0.15, -0.1) is 0 Å². The van der Waals surface area contributed by atoms with Crippen molar-refractivity contribution in [1.82, 2.24) is 0 Å². The molecular formula is C9H12O2Si. The van der Waals surface area contributed by atoms with Gasteiger partial charge < -0.3 is 4.43 Å². The second-order valence-corrected chi connectivity index (χ2v) is 3.33. The third-order valence-corrected chi connectivity index (χ3v) is 2.11. The quantitative estimate of drug-likeness (QED) is 0.646. The highest BCUT2D eigenvalue weighted by molar-refractivity contribution is 6.28. The van der Waals surface area contributed by atoms with Gasteiger partial charge in [0.05, 0.1) is 6.42 Å². The van der Waals surface area contributed by atoms with E-state index in [9.17, 15) is 4.79 Å². The lowest BCUT2D eigenvalue weighted by Crippen LogP contribution is -2.08. The largest absolute Gasteiger partial charge is 0.525 e. The number of rotatable bonds is 3. The van der Waals surface area contributed by atoms with Gasteiger partial charge in [-0.25, -0.2) is 0 Å². The molecular weight excluding hydrogens is 168 g/mol. The molecule has 0 spiro atoms. The number of carbonyl (C=O) groups is 1. The van der Waals surface area contributed by atoms with Gasteiger partial charge in [0.2, 0.25) is 9.76 Å². The standard InChI is InChI=1S/C9H12O2Si/c1-12-11-9(10)7-8-5-3-2-4-6-8/h2-6H,7,12H2,1H3. The number of benzene rings is 1. The fourth-order valence-electron chi connectivity index (χ4n) is 0.975. The summed E-state index contributed by atoms with van der Waals surface area (Å²) >= 11 is 0. The van der Waals surface area contributed by atoms with Crippen molar-refractivity contribution in [3.63, 3.8) is 0 Å². The number of hydrogen-bond acceptors (Lipinski definition) is 2. The monoisotopic (exact) mass is 180 g/mol. The molecule has 1 aromatic rings. The van der Waals surface area contributed by atoms with Gasteiger partial charge in [-0.2, -0.15) is 0 Å². The Hall–Kier alpha value is -1.09. The molecule has 1 aromatic carbocycles. The molecule has 0 atom stereocenters. The normalized spacial score (nSPS) is 10.4. The van der Waals surface area contributed by atoms with Crippen LogP contribution >= 0.6 is 0 Å². The van der Waals surface area contributed by atoms with Crippen molar-refractivity contribution in [3.05, 3.63) is 35.9 Å². The molecule has 0 bridgehead atoms. The van der Waals surface area contributed by atoms with Crippen molar-refractivity contribution in [2.75, 3.05) is 0 Å². The zero-order chi connectivity index (χ0) is 8.81. The van der Waals surface area contributed by atoms with E-state index in [0.717, 1.165) is 5.56 Å². The fraction of sp³-hybridized carbons (Fsp3) is 0.222. The first-order valence-corrected chi connectivity index (χ1v) is 6.01. The number of carbonyl (C=O) groups excluding carboxylic acids is 1. The average Bonchev–Trinajstić information content (AvgIpc) is 2.06. The second kappa shape index (κ2) is 4.72. The Kier molecular flexibility index (Phi) is 3.54. The Morgan fingerprint density at radius 1 is 1.42 bits per heavy atom. The molecule has 2 nitrogen and oxygen atoms in total. The maximum atomic E-state index is 11.0. The van der Waals surface area contributed by atoms with Crippen molar-refractivity contribution >= 4 is 15.7 Å². The van der Waals surface area contributed by atoms with Gasteiger partial charge >= 0.3 is 0 Å². The van der Waals surface area contributed by atoms with Crippen LogP contribution in [0.25, 0.3) is 0 Å². The molecule has 0 N–H and O–H groups in total. The number of hydrogen-bond donors (Lipinski definition) is 0. The van der Waals surface area contributed by atoms with Gasteiger partial charge in [-0.3, -0.25) is 4.79 Å². The van der Waals surface area contributed by atoms with E-state index in [2.05, 4.69) is 0 Å². The summed E-state index contributed by atoms with van der Waals surface area (Å²) in [6.07, 6.45) is 0.404. The molecule has 0 saturated carbocycles. The summed E-state index contributed by atoms with van der Waals surface area (Å²) in [4.78, 5) is 11.0. The summed E-state index contributed by atoms with van der Waals surface area (Å²) < 4.78 is 4.95. The van der Waals surface area contributed by atoms with Gasteiger partial charge in [0, 0.05) is 0 Å². The SMILES string of the molecule is C[SiH2]OC(=O)Cc1ccccc1. The summed E-state index contributed by atoms with van der Waals surface area (Å²) in [5, 5.41) is 0. The van der Waals surface area contributed by atoms with Gasteiger partial charge in [0.1, 0.15) is 0 Å². The fourth-order valence-corrected chi connectivity index (χ4v) is 1.40. The molecule has 3 heteroatoms. The lowest BCUT2D eigenvalue weighted by molar-refractivity contribution is -0.133. The minimum atomic E-state index is -0.599. The maximum Gasteiger partial charge on any atom is 0.296 e. The predicted octanol–water partition coefficient (Wildman–Crippen LogP) is 0.904. The van der Waals surface area contributed by atoms with Gasteiger partial charge in [-0.05, 0) is 12.1 Å². The lowest BCUT2D eigenvalue weighted by Gasteiger charge is -2.01. The minimum Gasteiger partial charge on any atom is -0.525 e. The van der Waals surface area contributed by atoms with E-state index in [0.29, 0.717) is 6.42 Å². The summed E-state index contributed by atoms with van der Waals surface area (Å²) in [6.45, 7) is 1.95. The molecule has 0 saturated heterocycles.